The van der Waals surface area contributed by atoms with Gasteiger partial charge in [0.2, 0.25) is 0 Å². The third-order valence-electron chi connectivity index (χ3n) is 3.30. The molecule has 3 nitrogen and oxygen atoms in total. The third kappa shape index (κ3) is 5.45. The first-order valence-corrected chi connectivity index (χ1v) is 8.53. The molecule has 0 amide bonds. The summed E-state index contributed by atoms with van der Waals surface area (Å²) < 4.78 is 11.6. The van der Waals surface area contributed by atoms with Gasteiger partial charge in [-0.15, -0.1) is 6.58 Å². The molecule has 0 aromatic heterocycles. The summed E-state index contributed by atoms with van der Waals surface area (Å²) in [5.74, 6) is 1.44. The van der Waals surface area contributed by atoms with Crippen molar-refractivity contribution < 1.29 is 9.47 Å². The maximum atomic E-state index is 6.03. The first-order chi connectivity index (χ1) is 11.6. The fourth-order valence-electron chi connectivity index (χ4n) is 2.16. The molecule has 0 aliphatic rings. The Morgan fingerprint density at radius 3 is 2.50 bits per heavy atom. The van der Waals surface area contributed by atoms with E-state index < -0.39 is 0 Å². The molecule has 128 valence electrons. The largest absolute Gasteiger partial charge is 0.490 e. The Bertz CT molecular complexity index is 689. The maximum Gasteiger partial charge on any atom is 0.161 e. The van der Waals surface area contributed by atoms with Crippen LogP contribution in [0.4, 0.5) is 0 Å². The lowest BCUT2D eigenvalue weighted by atomic mass is 10.2. The van der Waals surface area contributed by atoms with E-state index >= 15 is 0 Å². The lowest BCUT2D eigenvalue weighted by molar-refractivity contribution is 0.269. The minimum absolute atomic E-state index is 0.394. The normalized spacial score (nSPS) is 10.5. The summed E-state index contributed by atoms with van der Waals surface area (Å²) in [5.41, 5.74) is 2.07. The van der Waals surface area contributed by atoms with E-state index in [1.54, 1.807) is 12.1 Å². The van der Waals surface area contributed by atoms with Crippen molar-refractivity contribution in [3.8, 4) is 11.5 Å². The van der Waals surface area contributed by atoms with Gasteiger partial charge in [0.25, 0.3) is 0 Å². The Kier molecular flexibility index (Phi) is 7.44. The lowest BCUT2D eigenvalue weighted by Crippen LogP contribution is -2.12. The average molecular weight is 366 g/mol. The van der Waals surface area contributed by atoms with Gasteiger partial charge in [0, 0.05) is 13.1 Å². The van der Waals surface area contributed by atoms with Crippen LogP contribution in [0.3, 0.4) is 0 Å². The van der Waals surface area contributed by atoms with Gasteiger partial charge in [-0.2, -0.15) is 0 Å². The van der Waals surface area contributed by atoms with E-state index in [0.29, 0.717) is 29.0 Å². The quantitative estimate of drug-likeness (QED) is 0.486. The van der Waals surface area contributed by atoms with Gasteiger partial charge >= 0.3 is 0 Å². The molecule has 0 bridgehead atoms. The van der Waals surface area contributed by atoms with Crippen LogP contribution < -0.4 is 14.8 Å². The van der Waals surface area contributed by atoms with Crippen molar-refractivity contribution in [2.24, 2.45) is 0 Å². The molecule has 0 spiro atoms. The molecule has 0 unspecified atom stereocenters. The van der Waals surface area contributed by atoms with E-state index in [9.17, 15) is 0 Å². The number of ether oxygens (including phenoxy) is 2. The van der Waals surface area contributed by atoms with Crippen LogP contribution in [0.15, 0.2) is 49.1 Å². The number of halogens is 2. The van der Waals surface area contributed by atoms with Gasteiger partial charge in [-0.25, -0.2) is 0 Å². The van der Waals surface area contributed by atoms with Crippen LogP contribution in [0.5, 0.6) is 11.5 Å². The molecule has 0 fully saturated rings. The van der Waals surface area contributed by atoms with Crippen molar-refractivity contribution in [2.45, 2.75) is 20.1 Å². The van der Waals surface area contributed by atoms with E-state index in [1.807, 2.05) is 37.3 Å². The second kappa shape index (κ2) is 9.58. The highest BCUT2D eigenvalue weighted by Gasteiger charge is 2.08. The predicted octanol–water partition coefficient (Wildman–Crippen LogP) is 5.25. The molecular formula is C19H21Cl2NO2. The van der Waals surface area contributed by atoms with Gasteiger partial charge in [0.05, 0.1) is 16.7 Å². The fourth-order valence-corrected chi connectivity index (χ4v) is 2.48. The molecule has 1 N–H and O–H groups in total. The zero-order valence-electron chi connectivity index (χ0n) is 13.6. The van der Waals surface area contributed by atoms with Crippen LogP contribution in [0, 0.1) is 0 Å². The van der Waals surface area contributed by atoms with Gasteiger partial charge in [-0.1, -0.05) is 41.4 Å². The molecule has 2 aromatic rings. The van der Waals surface area contributed by atoms with Crippen LogP contribution in [-0.2, 0) is 13.2 Å². The summed E-state index contributed by atoms with van der Waals surface area (Å²) in [6.45, 7) is 8.13. The first kappa shape index (κ1) is 18.7. The second-order valence-electron chi connectivity index (χ2n) is 5.17. The lowest BCUT2D eigenvalue weighted by Gasteiger charge is -2.14. The van der Waals surface area contributed by atoms with Gasteiger partial charge in [-0.3, -0.25) is 0 Å². The molecule has 0 atom stereocenters. The average Bonchev–Trinajstić information content (AvgIpc) is 2.58. The Morgan fingerprint density at radius 1 is 1.00 bits per heavy atom. The summed E-state index contributed by atoms with van der Waals surface area (Å²) in [7, 11) is 0. The summed E-state index contributed by atoms with van der Waals surface area (Å²) in [4.78, 5) is 0. The zero-order valence-corrected chi connectivity index (χ0v) is 15.2. The monoisotopic (exact) mass is 365 g/mol. The van der Waals surface area contributed by atoms with E-state index in [0.717, 1.165) is 30.0 Å². The van der Waals surface area contributed by atoms with E-state index in [-0.39, 0.29) is 0 Å². The maximum absolute atomic E-state index is 6.03. The number of benzene rings is 2. The van der Waals surface area contributed by atoms with Crippen molar-refractivity contribution in [2.75, 3.05) is 13.2 Å². The highest BCUT2D eigenvalue weighted by atomic mass is 35.5. The smallest absolute Gasteiger partial charge is 0.161 e. The minimum atomic E-state index is 0.394. The van der Waals surface area contributed by atoms with Crippen molar-refractivity contribution in [1.29, 1.82) is 0 Å². The molecule has 2 aromatic carbocycles. The molecule has 0 saturated heterocycles. The Morgan fingerprint density at radius 2 is 1.79 bits per heavy atom. The zero-order chi connectivity index (χ0) is 17.4. The first-order valence-electron chi connectivity index (χ1n) is 7.78. The Balaban J connectivity index is 2.07. The van der Waals surface area contributed by atoms with Gasteiger partial charge in [-0.05, 0) is 42.3 Å². The highest BCUT2D eigenvalue weighted by Crippen LogP contribution is 2.30. The molecule has 2 rings (SSSR count). The van der Waals surface area contributed by atoms with Crippen LogP contribution in [0.25, 0.3) is 0 Å². The van der Waals surface area contributed by atoms with Crippen molar-refractivity contribution in [1.82, 2.24) is 5.32 Å². The fraction of sp³-hybridized carbons (Fsp3) is 0.263. The Hall–Kier alpha value is -1.68. The van der Waals surface area contributed by atoms with Gasteiger partial charge in [0.1, 0.15) is 6.61 Å². The molecule has 24 heavy (non-hydrogen) atoms. The Labute approximate surface area is 153 Å². The topological polar surface area (TPSA) is 30.5 Å². The highest BCUT2D eigenvalue weighted by molar-refractivity contribution is 6.42. The van der Waals surface area contributed by atoms with Crippen LogP contribution in [0.1, 0.15) is 18.1 Å². The van der Waals surface area contributed by atoms with Gasteiger partial charge in [0.15, 0.2) is 11.5 Å². The molecule has 0 radical (unpaired) electrons. The van der Waals surface area contributed by atoms with Crippen LogP contribution in [0.2, 0.25) is 10.0 Å². The number of rotatable bonds is 9. The summed E-state index contributed by atoms with van der Waals surface area (Å²) in [6.07, 6.45) is 1.83. The minimum Gasteiger partial charge on any atom is -0.490 e. The molecule has 5 heteroatoms. The SMILES string of the molecule is C=CCNCc1ccc(OCc2ccc(Cl)c(Cl)c2)c(OCC)c1. The van der Waals surface area contributed by atoms with Crippen molar-refractivity contribution in [3.05, 3.63) is 70.2 Å². The van der Waals surface area contributed by atoms with Crippen LogP contribution >= 0.6 is 23.2 Å². The molecule has 0 heterocycles. The van der Waals surface area contributed by atoms with Crippen LogP contribution in [-0.4, -0.2) is 13.2 Å². The molecular weight excluding hydrogens is 345 g/mol. The number of hydrogen-bond donors (Lipinski definition) is 1. The molecule has 0 saturated carbocycles. The predicted molar refractivity (Wildman–Crippen MR) is 100 cm³/mol. The summed E-state index contributed by atoms with van der Waals surface area (Å²) in [6, 6.07) is 11.4. The number of hydrogen-bond acceptors (Lipinski definition) is 3. The van der Waals surface area contributed by atoms with Crippen molar-refractivity contribution in [3.63, 3.8) is 0 Å². The molecule has 0 aliphatic carbocycles. The van der Waals surface area contributed by atoms with Gasteiger partial charge < -0.3 is 14.8 Å². The summed E-state index contributed by atoms with van der Waals surface area (Å²) >= 11 is 12.0. The standard InChI is InChI=1S/C19H21Cl2NO2/c1-3-9-22-12-14-6-8-18(19(11-14)23-4-2)24-13-15-5-7-16(20)17(21)10-15/h3,5-8,10-11,22H,1,4,9,12-13H2,2H3. The van der Waals surface area contributed by atoms with E-state index in [4.69, 9.17) is 32.7 Å². The number of nitrogens with one attached hydrogen (secondary N) is 1. The molecule has 0 aliphatic heterocycles. The van der Waals surface area contributed by atoms with Crippen molar-refractivity contribution >= 4 is 23.2 Å². The van der Waals surface area contributed by atoms with E-state index in [2.05, 4.69) is 11.9 Å². The van der Waals surface area contributed by atoms with E-state index in [1.165, 1.54) is 0 Å². The summed E-state index contributed by atoms with van der Waals surface area (Å²) in [5, 5.41) is 4.32. The second-order valence-corrected chi connectivity index (χ2v) is 5.99. The third-order valence-corrected chi connectivity index (χ3v) is 4.04.